The third kappa shape index (κ3) is 4.46. The maximum atomic E-state index is 12.5. The standard InChI is InChI=1S/C25H21N7OS2/c1-28-35(33)10-8-31(9-11-35)24-7-6-19(15-29-24)20-12-23(25-21(14-27)16-30-32(25)17-20)34-22-5-3-2-4-18(22)13-26/h2-7,12,15-17H,8-11H2,1H3. The summed E-state index contributed by atoms with van der Waals surface area (Å²) in [5.41, 5.74) is 3.56. The zero-order valence-electron chi connectivity index (χ0n) is 19.0. The number of anilines is 1. The molecule has 1 saturated heterocycles. The number of nitriles is 2. The first-order valence-corrected chi connectivity index (χ1v) is 13.6. The lowest BCUT2D eigenvalue weighted by Gasteiger charge is -2.29. The van der Waals surface area contributed by atoms with Gasteiger partial charge < -0.3 is 4.90 Å². The van der Waals surface area contributed by atoms with E-state index in [4.69, 9.17) is 0 Å². The molecule has 0 spiro atoms. The molecule has 0 bridgehead atoms. The van der Waals surface area contributed by atoms with Crippen LogP contribution in [0.15, 0.2) is 75.2 Å². The highest BCUT2D eigenvalue weighted by atomic mass is 32.2. The highest BCUT2D eigenvalue weighted by molar-refractivity contribution is 7.99. The lowest BCUT2D eigenvalue weighted by atomic mass is 10.1. The molecule has 174 valence electrons. The number of rotatable bonds is 4. The smallest absolute Gasteiger partial charge is 0.128 e. The van der Waals surface area contributed by atoms with E-state index in [1.54, 1.807) is 23.8 Å². The summed E-state index contributed by atoms with van der Waals surface area (Å²) in [5, 5.41) is 23.5. The van der Waals surface area contributed by atoms with Crippen LogP contribution >= 0.6 is 11.8 Å². The largest absolute Gasteiger partial charge is 0.355 e. The average molecular weight is 500 g/mol. The lowest BCUT2D eigenvalue weighted by Crippen LogP contribution is -2.40. The topological polar surface area (TPSA) is 110 Å². The molecule has 10 heteroatoms. The molecule has 4 heterocycles. The SMILES string of the molecule is CN=S1(=O)CCN(c2ccc(-c3cc(Sc4ccccc4C#N)c4c(C#N)cnn4c3)cn2)CC1. The molecule has 3 aromatic heterocycles. The van der Waals surface area contributed by atoms with E-state index in [1.807, 2.05) is 48.8 Å². The Bertz CT molecular complexity index is 1610. The second-order valence-electron chi connectivity index (χ2n) is 8.02. The molecule has 0 aliphatic carbocycles. The third-order valence-corrected chi connectivity index (χ3v) is 9.44. The Kier molecular flexibility index (Phi) is 6.16. The summed E-state index contributed by atoms with van der Waals surface area (Å²) >= 11 is 1.44. The Morgan fingerprint density at radius 3 is 2.46 bits per heavy atom. The van der Waals surface area contributed by atoms with E-state index >= 15 is 0 Å². The fourth-order valence-electron chi connectivity index (χ4n) is 4.04. The van der Waals surface area contributed by atoms with E-state index in [2.05, 4.69) is 31.5 Å². The van der Waals surface area contributed by atoms with Crippen molar-refractivity contribution in [2.45, 2.75) is 9.79 Å². The molecule has 1 aliphatic rings. The molecule has 0 N–H and O–H groups in total. The summed E-state index contributed by atoms with van der Waals surface area (Å²) < 4.78 is 18.2. The lowest BCUT2D eigenvalue weighted by molar-refractivity contribution is 0.664. The number of benzene rings is 1. The Labute approximate surface area is 208 Å². The molecule has 1 aliphatic heterocycles. The highest BCUT2D eigenvalue weighted by Crippen LogP contribution is 2.37. The molecule has 0 atom stereocenters. The van der Waals surface area contributed by atoms with Crippen molar-refractivity contribution < 1.29 is 4.21 Å². The monoisotopic (exact) mass is 499 g/mol. The van der Waals surface area contributed by atoms with E-state index in [0.717, 1.165) is 26.7 Å². The zero-order chi connectivity index (χ0) is 24.4. The van der Waals surface area contributed by atoms with Crippen LogP contribution in [-0.4, -0.2) is 50.4 Å². The number of hydrogen-bond donors (Lipinski definition) is 0. The van der Waals surface area contributed by atoms with Crippen molar-refractivity contribution >= 4 is 32.8 Å². The maximum absolute atomic E-state index is 12.5. The Morgan fingerprint density at radius 1 is 1.00 bits per heavy atom. The van der Waals surface area contributed by atoms with Crippen LogP contribution in [0.5, 0.6) is 0 Å². The third-order valence-electron chi connectivity index (χ3n) is 6.02. The van der Waals surface area contributed by atoms with Crippen molar-refractivity contribution in [3.63, 3.8) is 0 Å². The molecule has 35 heavy (non-hydrogen) atoms. The molecular formula is C25H21N7OS2. The first kappa shape index (κ1) is 22.9. The van der Waals surface area contributed by atoms with Crippen LogP contribution in [0.4, 0.5) is 5.82 Å². The predicted molar refractivity (Wildman–Crippen MR) is 137 cm³/mol. The van der Waals surface area contributed by atoms with Crippen molar-refractivity contribution in [3.8, 4) is 23.3 Å². The van der Waals surface area contributed by atoms with Gasteiger partial charge in [0.25, 0.3) is 0 Å². The minimum Gasteiger partial charge on any atom is -0.355 e. The van der Waals surface area contributed by atoms with Crippen molar-refractivity contribution in [2.24, 2.45) is 4.36 Å². The van der Waals surface area contributed by atoms with Gasteiger partial charge in [-0.1, -0.05) is 23.9 Å². The summed E-state index contributed by atoms with van der Waals surface area (Å²) in [6, 6.07) is 17.8. The summed E-state index contributed by atoms with van der Waals surface area (Å²) in [5.74, 6) is 1.94. The van der Waals surface area contributed by atoms with Crippen molar-refractivity contribution in [1.82, 2.24) is 14.6 Å². The number of pyridine rings is 2. The summed E-state index contributed by atoms with van der Waals surface area (Å²) in [6.07, 6.45) is 5.25. The maximum Gasteiger partial charge on any atom is 0.128 e. The molecular weight excluding hydrogens is 478 g/mol. The minimum absolute atomic E-state index is 0.474. The fraction of sp³-hybridized carbons (Fsp3) is 0.200. The first-order chi connectivity index (χ1) is 17.0. The molecule has 1 fully saturated rings. The molecule has 0 saturated carbocycles. The Balaban J connectivity index is 1.50. The van der Waals surface area contributed by atoms with Gasteiger partial charge in [0, 0.05) is 74.7 Å². The van der Waals surface area contributed by atoms with E-state index in [-0.39, 0.29) is 0 Å². The van der Waals surface area contributed by atoms with Gasteiger partial charge in [0.2, 0.25) is 0 Å². The molecule has 4 aromatic rings. The number of hydrogen-bond acceptors (Lipinski definition) is 8. The molecule has 0 amide bonds. The zero-order valence-corrected chi connectivity index (χ0v) is 20.6. The van der Waals surface area contributed by atoms with Crippen LogP contribution in [0.3, 0.4) is 0 Å². The van der Waals surface area contributed by atoms with E-state index < -0.39 is 9.73 Å². The Morgan fingerprint density at radius 2 is 1.77 bits per heavy atom. The van der Waals surface area contributed by atoms with Gasteiger partial charge in [-0.25, -0.2) is 18.1 Å². The number of fused-ring (bicyclic) bond motifs is 1. The van der Waals surface area contributed by atoms with Crippen LogP contribution in [0.2, 0.25) is 0 Å². The quantitative estimate of drug-likeness (QED) is 0.414. The van der Waals surface area contributed by atoms with Gasteiger partial charge in [-0.15, -0.1) is 0 Å². The fourth-order valence-corrected chi connectivity index (χ4v) is 6.72. The first-order valence-electron chi connectivity index (χ1n) is 10.9. The molecule has 8 nitrogen and oxygen atoms in total. The van der Waals surface area contributed by atoms with Crippen molar-refractivity contribution in [1.29, 1.82) is 10.5 Å². The van der Waals surface area contributed by atoms with Gasteiger partial charge >= 0.3 is 0 Å². The van der Waals surface area contributed by atoms with Gasteiger partial charge in [-0.3, -0.25) is 0 Å². The molecule has 0 unspecified atom stereocenters. The van der Waals surface area contributed by atoms with Gasteiger partial charge in [0.05, 0.1) is 22.8 Å². The summed E-state index contributed by atoms with van der Waals surface area (Å²) in [4.78, 5) is 8.44. The van der Waals surface area contributed by atoms with Gasteiger partial charge in [0.15, 0.2) is 0 Å². The second-order valence-corrected chi connectivity index (χ2v) is 11.8. The summed E-state index contributed by atoms with van der Waals surface area (Å²) in [7, 11) is -0.445. The van der Waals surface area contributed by atoms with Crippen LogP contribution in [-0.2, 0) is 9.73 Å². The average Bonchev–Trinajstić information content (AvgIpc) is 3.33. The van der Waals surface area contributed by atoms with Gasteiger partial charge in [-0.05, 0) is 30.3 Å². The van der Waals surface area contributed by atoms with Crippen LogP contribution in [0.1, 0.15) is 11.1 Å². The minimum atomic E-state index is -2.08. The molecule has 5 rings (SSSR count). The Hall–Kier alpha value is -3.86. The van der Waals surface area contributed by atoms with Gasteiger partial charge in [0.1, 0.15) is 18.0 Å². The van der Waals surface area contributed by atoms with Crippen molar-refractivity contribution in [2.75, 3.05) is 36.5 Å². The number of nitrogens with zero attached hydrogens (tertiary/aromatic N) is 7. The second kappa shape index (κ2) is 9.41. The van der Waals surface area contributed by atoms with Crippen LogP contribution in [0.25, 0.3) is 16.6 Å². The van der Waals surface area contributed by atoms with Crippen LogP contribution in [0, 0.1) is 22.7 Å². The summed E-state index contributed by atoms with van der Waals surface area (Å²) in [6.45, 7) is 1.33. The number of aromatic nitrogens is 3. The van der Waals surface area contributed by atoms with Gasteiger partial charge in [-0.2, -0.15) is 15.6 Å². The van der Waals surface area contributed by atoms with Crippen molar-refractivity contribution in [3.05, 3.63) is 72.2 Å². The van der Waals surface area contributed by atoms with E-state index in [0.29, 0.717) is 41.2 Å². The van der Waals surface area contributed by atoms with E-state index in [1.165, 1.54) is 11.8 Å². The predicted octanol–water partition coefficient (Wildman–Crippen LogP) is 4.21. The highest BCUT2D eigenvalue weighted by Gasteiger charge is 2.21. The van der Waals surface area contributed by atoms with E-state index in [9.17, 15) is 14.7 Å². The van der Waals surface area contributed by atoms with Crippen LogP contribution < -0.4 is 4.90 Å². The normalized spacial score (nSPS) is 14.9. The molecule has 1 aromatic carbocycles. The molecule has 0 radical (unpaired) electrons.